The second-order valence-electron chi connectivity index (χ2n) is 8.16. The van der Waals surface area contributed by atoms with Gasteiger partial charge in [0.1, 0.15) is 18.0 Å². The van der Waals surface area contributed by atoms with Crippen LogP contribution in [0.1, 0.15) is 45.5 Å². The molecule has 1 amide bonds. The Morgan fingerprint density at radius 1 is 1.26 bits per heavy atom. The molecule has 31 heavy (non-hydrogen) atoms. The molecule has 4 aromatic rings. The van der Waals surface area contributed by atoms with Gasteiger partial charge in [-0.3, -0.25) is 10.1 Å². The van der Waals surface area contributed by atoms with Gasteiger partial charge in [-0.1, -0.05) is 13.0 Å². The molecule has 3 aromatic heterocycles. The van der Waals surface area contributed by atoms with Gasteiger partial charge < -0.3 is 9.14 Å². The third-order valence-corrected chi connectivity index (χ3v) is 6.67. The highest BCUT2D eigenvalue weighted by Crippen LogP contribution is 2.32. The van der Waals surface area contributed by atoms with Gasteiger partial charge in [0, 0.05) is 22.8 Å². The molecular formula is C24H24N4O2S. The maximum Gasteiger partial charge on any atom is 0.257 e. The van der Waals surface area contributed by atoms with Crippen molar-refractivity contribution < 1.29 is 9.53 Å². The van der Waals surface area contributed by atoms with Gasteiger partial charge in [-0.2, -0.15) is 0 Å². The lowest BCUT2D eigenvalue weighted by Crippen LogP contribution is -2.12. The average molecular weight is 433 g/mol. The molecule has 0 saturated heterocycles. The van der Waals surface area contributed by atoms with Crippen LogP contribution in [-0.2, 0) is 19.4 Å². The molecule has 7 heteroatoms. The monoisotopic (exact) mass is 432 g/mol. The average Bonchev–Trinajstić information content (AvgIpc) is 3.36. The molecule has 6 nitrogen and oxygen atoms in total. The molecule has 0 saturated carbocycles. The fourth-order valence-electron chi connectivity index (χ4n) is 3.90. The normalized spacial score (nSPS) is 15.6. The highest BCUT2D eigenvalue weighted by molar-refractivity contribution is 7.15. The number of benzene rings is 1. The van der Waals surface area contributed by atoms with E-state index in [2.05, 4.69) is 22.2 Å². The fourth-order valence-corrected chi connectivity index (χ4v) is 5.06. The van der Waals surface area contributed by atoms with Crippen LogP contribution in [0.2, 0.25) is 0 Å². The number of nitrogens with zero attached hydrogens (tertiary/aromatic N) is 3. The van der Waals surface area contributed by atoms with Crippen molar-refractivity contribution in [1.82, 2.24) is 14.4 Å². The summed E-state index contributed by atoms with van der Waals surface area (Å²) in [5.41, 5.74) is 4.64. The van der Waals surface area contributed by atoms with Gasteiger partial charge in [0.25, 0.3) is 5.91 Å². The Balaban J connectivity index is 1.21. The minimum absolute atomic E-state index is 0.151. The maximum atomic E-state index is 12.6. The number of thiazole rings is 1. The molecule has 1 aliphatic carbocycles. The van der Waals surface area contributed by atoms with Gasteiger partial charge in [0.15, 0.2) is 5.13 Å². The van der Waals surface area contributed by atoms with Gasteiger partial charge in [0.2, 0.25) is 0 Å². The molecule has 5 rings (SSSR count). The molecule has 0 bridgehead atoms. The van der Waals surface area contributed by atoms with Crippen LogP contribution in [0, 0.1) is 12.8 Å². The van der Waals surface area contributed by atoms with Gasteiger partial charge in [-0.05, 0) is 68.0 Å². The Kier molecular flexibility index (Phi) is 5.19. The van der Waals surface area contributed by atoms with Gasteiger partial charge >= 0.3 is 0 Å². The highest BCUT2D eigenvalue weighted by Gasteiger charge is 2.20. The summed E-state index contributed by atoms with van der Waals surface area (Å²) in [5.74, 6) is 1.24. The Hall–Kier alpha value is -3.19. The van der Waals surface area contributed by atoms with Crippen LogP contribution >= 0.6 is 11.3 Å². The number of aryl methyl sites for hydroxylation is 2. The number of nitrogens with one attached hydrogen (secondary N) is 1. The molecule has 3 heterocycles. The maximum absolute atomic E-state index is 12.6. The quantitative estimate of drug-likeness (QED) is 0.479. The second-order valence-corrected chi connectivity index (χ2v) is 9.24. The van der Waals surface area contributed by atoms with Crippen molar-refractivity contribution in [2.75, 3.05) is 5.32 Å². The number of pyridine rings is 1. The van der Waals surface area contributed by atoms with E-state index in [0.29, 0.717) is 29.0 Å². The first-order chi connectivity index (χ1) is 15.0. The number of anilines is 1. The smallest absolute Gasteiger partial charge is 0.257 e. The zero-order chi connectivity index (χ0) is 21.4. The van der Waals surface area contributed by atoms with Crippen LogP contribution in [0.5, 0.6) is 5.75 Å². The second kappa shape index (κ2) is 8.15. The van der Waals surface area contributed by atoms with Gasteiger partial charge in [-0.25, -0.2) is 9.97 Å². The molecule has 0 radical (unpaired) electrons. The Bertz CT molecular complexity index is 1240. The molecule has 0 unspecified atom stereocenters. The van der Waals surface area contributed by atoms with E-state index < -0.39 is 0 Å². The summed E-state index contributed by atoms with van der Waals surface area (Å²) in [6.07, 6.45) is 7.17. The molecule has 1 aliphatic rings. The number of rotatable bonds is 5. The predicted octanol–water partition coefficient (Wildman–Crippen LogP) is 5.06. The van der Waals surface area contributed by atoms with Crippen molar-refractivity contribution in [3.05, 3.63) is 76.2 Å². The lowest BCUT2D eigenvalue weighted by molar-refractivity contribution is 0.102. The van der Waals surface area contributed by atoms with E-state index in [9.17, 15) is 4.79 Å². The molecule has 1 atom stereocenters. The van der Waals surface area contributed by atoms with E-state index in [4.69, 9.17) is 4.74 Å². The van der Waals surface area contributed by atoms with E-state index in [1.807, 2.05) is 48.0 Å². The van der Waals surface area contributed by atoms with E-state index in [-0.39, 0.29) is 5.91 Å². The van der Waals surface area contributed by atoms with Crippen LogP contribution in [0.25, 0.3) is 5.65 Å². The largest absolute Gasteiger partial charge is 0.487 e. The van der Waals surface area contributed by atoms with Crippen LogP contribution in [0.15, 0.2) is 48.8 Å². The number of amides is 1. The fraction of sp³-hybridized carbons (Fsp3) is 0.292. The van der Waals surface area contributed by atoms with Crippen molar-refractivity contribution in [3.63, 3.8) is 0 Å². The Morgan fingerprint density at radius 3 is 2.90 bits per heavy atom. The highest BCUT2D eigenvalue weighted by atomic mass is 32.1. The zero-order valence-electron chi connectivity index (χ0n) is 17.6. The minimum Gasteiger partial charge on any atom is -0.487 e. The number of hydrogen-bond acceptors (Lipinski definition) is 5. The van der Waals surface area contributed by atoms with Crippen LogP contribution in [0.4, 0.5) is 5.13 Å². The standard InChI is InChI=1S/C24H24N4O2S/c1-15-5-10-20-21(12-15)31-24(26-20)27-23(29)17-6-8-19(9-7-17)30-14-18-13-28-11-3-4-16(2)22(28)25-18/h3-4,6-9,11,13,15H,5,10,12,14H2,1-2H3,(H,26,27,29)/t15-/m0/s1. The van der Waals surface area contributed by atoms with Crippen molar-refractivity contribution in [3.8, 4) is 5.75 Å². The van der Waals surface area contributed by atoms with Crippen molar-refractivity contribution in [1.29, 1.82) is 0 Å². The van der Waals surface area contributed by atoms with Crippen molar-refractivity contribution in [2.45, 2.75) is 39.7 Å². The third kappa shape index (κ3) is 4.18. The van der Waals surface area contributed by atoms with E-state index in [1.54, 1.807) is 23.5 Å². The number of carbonyl (C=O) groups excluding carboxylic acids is 1. The number of carbonyl (C=O) groups is 1. The number of aromatic nitrogens is 3. The van der Waals surface area contributed by atoms with Crippen LogP contribution in [0.3, 0.4) is 0 Å². The molecule has 1 aromatic carbocycles. The summed E-state index contributed by atoms with van der Waals surface area (Å²) in [6, 6.07) is 11.2. The number of fused-ring (bicyclic) bond motifs is 2. The Morgan fingerprint density at radius 2 is 2.10 bits per heavy atom. The van der Waals surface area contributed by atoms with Gasteiger partial charge in [0.05, 0.1) is 11.4 Å². The number of hydrogen-bond donors (Lipinski definition) is 1. The topological polar surface area (TPSA) is 68.5 Å². The number of ether oxygens (including phenoxy) is 1. The lowest BCUT2D eigenvalue weighted by atomic mass is 9.93. The minimum atomic E-state index is -0.151. The number of imidazole rings is 1. The molecule has 0 aliphatic heterocycles. The molecule has 1 N–H and O–H groups in total. The summed E-state index contributed by atoms with van der Waals surface area (Å²) in [7, 11) is 0. The third-order valence-electron chi connectivity index (χ3n) is 5.64. The first-order valence-electron chi connectivity index (χ1n) is 10.5. The zero-order valence-corrected chi connectivity index (χ0v) is 18.4. The summed E-state index contributed by atoms with van der Waals surface area (Å²) in [5, 5.41) is 3.63. The van der Waals surface area contributed by atoms with Crippen LogP contribution in [-0.4, -0.2) is 20.3 Å². The lowest BCUT2D eigenvalue weighted by Gasteiger charge is -2.15. The summed E-state index contributed by atoms with van der Waals surface area (Å²) in [6.45, 7) is 4.68. The molecule has 0 fully saturated rings. The van der Waals surface area contributed by atoms with E-state index >= 15 is 0 Å². The van der Waals surface area contributed by atoms with E-state index in [1.165, 1.54) is 11.3 Å². The predicted molar refractivity (Wildman–Crippen MR) is 122 cm³/mol. The van der Waals surface area contributed by atoms with Gasteiger partial charge in [-0.15, -0.1) is 11.3 Å². The molecule has 158 valence electrons. The summed E-state index contributed by atoms with van der Waals surface area (Å²) in [4.78, 5) is 23.1. The molecular weight excluding hydrogens is 408 g/mol. The van der Waals surface area contributed by atoms with Crippen molar-refractivity contribution in [2.24, 2.45) is 5.92 Å². The van der Waals surface area contributed by atoms with Crippen LogP contribution < -0.4 is 10.1 Å². The first kappa shape index (κ1) is 19.8. The summed E-state index contributed by atoms with van der Waals surface area (Å²) >= 11 is 1.60. The summed E-state index contributed by atoms with van der Waals surface area (Å²) < 4.78 is 7.86. The SMILES string of the molecule is Cc1cccn2cc(COc3ccc(C(=O)Nc4nc5c(s4)C[C@@H](C)CC5)cc3)nc12. The first-order valence-corrected chi connectivity index (χ1v) is 11.3. The Labute approximate surface area is 184 Å². The van der Waals surface area contributed by atoms with Crippen molar-refractivity contribution >= 4 is 28.0 Å². The van der Waals surface area contributed by atoms with E-state index in [0.717, 1.165) is 35.4 Å². The molecule has 0 spiro atoms.